The van der Waals surface area contributed by atoms with Gasteiger partial charge >= 0.3 is 6.61 Å². The van der Waals surface area contributed by atoms with Crippen molar-refractivity contribution in [3.63, 3.8) is 0 Å². The molecule has 0 aromatic heterocycles. The van der Waals surface area contributed by atoms with E-state index in [9.17, 15) is 13.6 Å². The van der Waals surface area contributed by atoms with Crippen molar-refractivity contribution in [3.05, 3.63) is 52.0 Å². The van der Waals surface area contributed by atoms with Gasteiger partial charge in [0, 0.05) is 22.3 Å². The number of benzene rings is 2. The molecule has 2 aromatic rings. The van der Waals surface area contributed by atoms with E-state index >= 15 is 0 Å². The number of halogens is 4. The SMILES string of the molecule is COc1cc(CN(C)C(C)C(=O)Nc2cc(Cl)cc(Cl)c2)ccc1OC(F)F. The maximum absolute atomic E-state index is 12.5. The summed E-state index contributed by atoms with van der Waals surface area (Å²) in [6.07, 6.45) is 0. The summed E-state index contributed by atoms with van der Waals surface area (Å²) in [5, 5.41) is 3.60. The molecule has 2 aromatic carbocycles. The maximum Gasteiger partial charge on any atom is 0.387 e. The molecule has 1 atom stereocenters. The van der Waals surface area contributed by atoms with E-state index in [0.717, 1.165) is 5.56 Å². The number of anilines is 1. The van der Waals surface area contributed by atoms with Crippen LogP contribution in [0.1, 0.15) is 12.5 Å². The van der Waals surface area contributed by atoms with Crippen molar-refractivity contribution in [2.75, 3.05) is 19.5 Å². The minimum absolute atomic E-state index is 0.0486. The average Bonchev–Trinajstić information content (AvgIpc) is 2.60. The number of alkyl halides is 2. The number of hydrogen-bond donors (Lipinski definition) is 1. The molecular weight excluding hydrogens is 413 g/mol. The molecule has 0 fully saturated rings. The van der Waals surface area contributed by atoms with Gasteiger partial charge in [0.15, 0.2) is 11.5 Å². The molecule has 1 unspecified atom stereocenters. The Morgan fingerprint density at radius 1 is 1.14 bits per heavy atom. The van der Waals surface area contributed by atoms with Crippen molar-refractivity contribution in [2.24, 2.45) is 0 Å². The highest BCUT2D eigenvalue weighted by Crippen LogP contribution is 2.30. The number of amides is 1. The first kappa shape index (κ1) is 22.2. The number of carbonyl (C=O) groups is 1. The van der Waals surface area contributed by atoms with Crippen LogP contribution < -0.4 is 14.8 Å². The van der Waals surface area contributed by atoms with E-state index in [2.05, 4.69) is 10.1 Å². The predicted molar refractivity (Wildman–Crippen MR) is 106 cm³/mol. The second-order valence-corrected chi connectivity index (χ2v) is 6.98. The number of methoxy groups -OCH3 is 1. The number of hydrogen-bond acceptors (Lipinski definition) is 4. The van der Waals surface area contributed by atoms with Crippen LogP contribution in [0.5, 0.6) is 11.5 Å². The van der Waals surface area contributed by atoms with Crippen molar-refractivity contribution in [2.45, 2.75) is 26.1 Å². The number of rotatable bonds is 8. The molecular formula is C19H20Cl2F2N2O3. The van der Waals surface area contributed by atoms with Gasteiger partial charge in [-0.25, -0.2) is 0 Å². The van der Waals surface area contributed by atoms with Gasteiger partial charge in [-0.05, 0) is 49.9 Å². The largest absolute Gasteiger partial charge is 0.493 e. The Morgan fingerprint density at radius 2 is 1.79 bits per heavy atom. The zero-order chi connectivity index (χ0) is 20.8. The van der Waals surface area contributed by atoms with Crippen molar-refractivity contribution in [1.82, 2.24) is 4.90 Å². The molecule has 0 saturated carbocycles. The quantitative estimate of drug-likeness (QED) is 0.632. The van der Waals surface area contributed by atoms with E-state index < -0.39 is 12.7 Å². The molecule has 1 N–H and O–H groups in total. The van der Waals surface area contributed by atoms with Crippen molar-refractivity contribution < 1.29 is 23.0 Å². The van der Waals surface area contributed by atoms with Gasteiger partial charge in [0.05, 0.1) is 13.2 Å². The molecule has 0 aliphatic rings. The Morgan fingerprint density at radius 3 is 2.36 bits per heavy atom. The molecule has 5 nitrogen and oxygen atoms in total. The van der Waals surface area contributed by atoms with Gasteiger partial charge in [0.1, 0.15) is 0 Å². The van der Waals surface area contributed by atoms with E-state index in [1.165, 1.54) is 13.2 Å². The fourth-order valence-corrected chi connectivity index (χ4v) is 3.03. The summed E-state index contributed by atoms with van der Waals surface area (Å²) in [4.78, 5) is 14.3. The summed E-state index contributed by atoms with van der Waals surface area (Å²) < 4.78 is 34.4. The lowest BCUT2D eigenvalue weighted by Gasteiger charge is -2.24. The highest BCUT2D eigenvalue weighted by molar-refractivity contribution is 6.35. The Balaban J connectivity index is 2.04. The molecule has 0 aliphatic carbocycles. The van der Waals surface area contributed by atoms with Gasteiger partial charge in [-0.1, -0.05) is 29.3 Å². The van der Waals surface area contributed by atoms with Crippen LogP contribution in [0.4, 0.5) is 14.5 Å². The summed E-state index contributed by atoms with van der Waals surface area (Å²) in [6.45, 7) is -0.811. The summed E-state index contributed by atoms with van der Waals surface area (Å²) in [6, 6.07) is 8.93. The smallest absolute Gasteiger partial charge is 0.387 e. The molecule has 0 spiro atoms. The molecule has 2 rings (SSSR count). The van der Waals surface area contributed by atoms with Gasteiger partial charge < -0.3 is 14.8 Å². The van der Waals surface area contributed by atoms with Crippen LogP contribution in [-0.2, 0) is 11.3 Å². The molecule has 0 radical (unpaired) electrons. The zero-order valence-corrected chi connectivity index (χ0v) is 17.0. The van der Waals surface area contributed by atoms with Crippen molar-refractivity contribution in [1.29, 1.82) is 0 Å². The Kier molecular flexibility index (Phi) is 7.86. The van der Waals surface area contributed by atoms with Crippen LogP contribution in [0.15, 0.2) is 36.4 Å². The van der Waals surface area contributed by atoms with Crippen LogP contribution in [0.3, 0.4) is 0 Å². The normalized spacial score (nSPS) is 12.2. The van der Waals surface area contributed by atoms with E-state index in [-0.39, 0.29) is 17.4 Å². The number of nitrogens with one attached hydrogen (secondary N) is 1. The van der Waals surface area contributed by atoms with Crippen LogP contribution in [-0.4, -0.2) is 37.6 Å². The number of likely N-dealkylation sites (N-methyl/N-ethyl adjacent to an activating group) is 1. The molecule has 9 heteroatoms. The first-order chi connectivity index (χ1) is 13.2. The van der Waals surface area contributed by atoms with Crippen molar-refractivity contribution in [3.8, 4) is 11.5 Å². The molecule has 0 saturated heterocycles. The highest BCUT2D eigenvalue weighted by atomic mass is 35.5. The van der Waals surface area contributed by atoms with E-state index in [1.54, 1.807) is 49.2 Å². The molecule has 28 heavy (non-hydrogen) atoms. The monoisotopic (exact) mass is 432 g/mol. The molecule has 152 valence electrons. The lowest BCUT2D eigenvalue weighted by atomic mass is 10.1. The minimum Gasteiger partial charge on any atom is -0.493 e. The molecule has 0 aliphatic heterocycles. The fourth-order valence-electron chi connectivity index (χ4n) is 2.50. The van der Waals surface area contributed by atoms with E-state index in [4.69, 9.17) is 27.9 Å². The lowest BCUT2D eigenvalue weighted by molar-refractivity contribution is -0.120. The molecule has 1 amide bonds. The third kappa shape index (κ3) is 6.22. The standard InChI is InChI=1S/C19H20Cl2F2N2O3/c1-11(18(26)24-15-8-13(20)7-14(21)9-15)25(2)10-12-4-5-16(28-19(22)23)17(6-12)27-3/h4-9,11,19H,10H2,1-3H3,(H,24,26). The second kappa shape index (κ2) is 9.91. The second-order valence-electron chi connectivity index (χ2n) is 6.10. The van der Waals surface area contributed by atoms with Gasteiger partial charge in [-0.3, -0.25) is 9.69 Å². The third-order valence-corrected chi connectivity index (χ3v) is 4.48. The van der Waals surface area contributed by atoms with Gasteiger partial charge in [0.2, 0.25) is 5.91 Å². The summed E-state index contributed by atoms with van der Waals surface area (Å²) >= 11 is 11.9. The van der Waals surface area contributed by atoms with E-state index in [1.807, 2.05) is 0 Å². The van der Waals surface area contributed by atoms with Gasteiger partial charge in [0.25, 0.3) is 0 Å². The van der Waals surface area contributed by atoms with Gasteiger partial charge in [-0.15, -0.1) is 0 Å². The molecule has 0 bridgehead atoms. The first-order valence-corrected chi connectivity index (χ1v) is 9.04. The number of nitrogens with zero attached hydrogens (tertiary/aromatic N) is 1. The highest BCUT2D eigenvalue weighted by Gasteiger charge is 2.19. The molecule has 0 heterocycles. The number of carbonyl (C=O) groups excluding carboxylic acids is 1. The Hall–Kier alpha value is -2.09. The fraction of sp³-hybridized carbons (Fsp3) is 0.316. The van der Waals surface area contributed by atoms with Gasteiger partial charge in [-0.2, -0.15) is 8.78 Å². The third-order valence-electron chi connectivity index (χ3n) is 4.05. The zero-order valence-electron chi connectivity index (χ0n) is 15.5. The van der Waals surface area contributed by atoms with Crippen LogP contribution in [0, 0.1) is 0 Å². The maximum atomic E-state index is 12.5. The first-order valence-electron chi connectivity index (χ1n) is 8.28. The predicted octanol–water partition coefficient (Wildman–Crippen LogP) is 5.06. The Labute approximate surface area is 172 Å². The summed E-state index contributed by atoms with van der Waals surface area (Å²) in [5.74, 6) is -0.102. The topological polar surface area (TPSA) is 50.8 Å². The van der Waals surface area contributed by atoms with Crippen LogP contribution in [0.2, 0.25) is 10.0 Å². The Bertz CT molecular complexity index is 817. The summed E-state index contributed by atoms with van der Waals surface area (Å²) in [7, 11) is 3.14. The van der Waals surface area contributed by atoms with Crippen LogP contribution >= 0.6 is 23.2 Å². The average molecular weight is 433 g/mol. The lowest BCUT2D eigenvalue weighted by Crippen LogP contribution is -2.39. The van der Waals surface area contributed by atoms with Crippen molar-refractivity contribution >= 4 is 34.8 Å². The number of ether oxygens (including phenoxy) is 2. The summed E-state index contributed by atoms with van der Waals surface area (Å²) in [5.41, 5.74) is 1.27. The minimum atomic E-state index is -2.94. The van der Waals surface area contributed by atoms with Crippen LogP contribution in [0.25, 0.3) is 0 Å². The van der Waals surface area contributed by atoms with E-state index in [0.29, 0.717) is 22.3 Å².